The third-order valence-electron chi connectivity index (χ3n) is 2.71. The van der Waals surface area contributed by atoms with Gasteiger partial charge in [-0.05, 0) is 0 Å². The molecule has 0 spiro atoms. The fourth-order valence-corrected chi connectivity index (χ4v) is 3.36. The van der Waals surface area contributed by atoms with E-state index in [0.29, 0.717) is 0 Å². The third kappa shape index (κ3) is 2.34. The van der Waals surface area contributed by atoms with Crippen LogP contribution in [0.4, 0.5) is 5.69 Å². The zero-order valence-electron chi connectivity index (χ0n) is 9.43. The summed E-state index contributed by atoms with van der Waals surface area (Å²) in [5, 5.41) is 3.43. The first kappa shape index (κ1) is 11.9. The van der Waals surface area contributed by atoms with E-state index >= 15 is 0 Å². The van der Waals surface area contributed by atoms with Crippen molar-refractivity contribution >= 4 is 47.6 Å². The fraction of sp³-hybridized carbons (Fsp3) is 0.0769. The van der Waals surface area contributed by atoms with Gasteiger partial charge in [0.1, 0.15) is 0 Å². The van der Waals surface area contributed by atoms with Gasteiger partial charge in [0.2, 0.25) is 0 Å². The summed E-state index contributed by atoms with van der Waals surface area (Å²) in [7, 11) is 0. The Hall–Kier alpha value is -1.16. The summed E-state index contributed by atoms with van der Waals surface area (Å²) in [6.45, 7) is 0.778. The molecule has 0 radical (unpaired) electrons. The summed E-state index contributed by atoms with van der Waals surface area (Å²) in [6.07, 6.45) is 0. The van der Waals surface area contributed by atoms with E-state index in [9.17, 15) is 0 Å². The van der Waals surface area contributed by atoms with Crippen LogP contribution in [0.25, 0.3) is 11.0 Å². The van der Waals surface area contributed by atoms with Crippen LogP contribution in [0.3, 0.4) is 0 Å². The molecule has 0 atom stereocenters. The molecule has 3 nitrogen and oxygen atoms in total. The van der Waals surface area contributed by atoms with Crippen molar-refractivity contribution in [3.05, 3.63) is 52.5 Å². The maximum atomic E-state index is 4.46. The van der Waals surface area contributed by atoms with Crippen molar-refractivity contribution in [3.8, 4) is 0 Å². The van der Waals surface area contributed by atoms with E-state index in [1.54, 1.807) is 0 Å². The Kier molecular flexibility index (Phi) is 3.45. The number of hydrogen-bond donors (Lipinski definition) is 1. The first-order chi connectivity index (χ1) is 8.84. The van der Waals surface area contributed by atoms with Crippen molar-refractivity contribution in [3.63, 3.8) is 0 Å². The zero-order valence-corrected chi connectivity index (χ0v) is 12.7. The van der Waals surface area contributed by atoms with Gasteiger partial charge in [-0.1, -0.05) is 0 Å². The Labute approximate surface area is 120 Å². The topological polar surface area (TPSA) is 37.8 Å². The number of rotatable bonds is 3. The van der Waals surface area contributed by atoms with Crippen LogP contribution in [0.1, 0.15) is 5.56 Å². The van der Waals surface area contributed by atoms with E-state index in [2.05, 4.69) is 47.4 Å². The first-order valence-corrected chi connectivity index (χ1v) is 7.86. The molecule has 1 heterocycles. The van der Waals surface area contributed by atoms with Gasteiger partial charge in [0, 0.05) is 0 Å². The molecule has 0 fully saturated rings. The SMILES string of the molecule is Brc1ccccc1CNc1cccc2n[se]nc12. The van der Waals surface area contributed by atoms with E-state index in [1.165, 1.54) is 5.56 Å². The zero-order chi connectivity index (χ0) is 12.4. The number of nitrogens with zero attached hydrogens (tertiary/aromatic N) is 2. The molecule has 0 unspecified atom stereocenters. The molecule has 90 valence electrons. The van der Waals surface area contributed by atoms with Crippen LogP contribution in [0.2, 0.25) is 0 Å². The first-order valence-electron chi connectivity index (χ1n) is 5.53. The average Bonchev–Trinajstić information content (AvgIpc) is 2.86. The van der Waals surface area contributed by atoms with Crippen LogP contribution in [0.15, 0.2) is 46.9 Å². The predicted molar refractivity (Wildman–Crippen MR) is 77.9 cm³/mol. The summed E-state index contributed by atoms with van der Waals surface area (Å²) in [4.78, 5) is 0. The number of halogens is 1. The number of fused-ring (bicyclic) bond motifs is 1. The molecule has 0 saturated heterocycles. The van der Waals surface area contributed by atoms with Crippen molar-refractivity contribution in [1.82, 2.24) is 7.96 Å². The van der Waals surface area contributed by atoms with Crippen LogP contribution in [-0.2, 0) is 6.54 Å². The van der Waals surface area contributed by atoms with E-state index < -0.39 is 0 Å². The van der Waals surface area contributed by atoms with Gasteiger partial charge in [-0.2, -0.15) is 0 Å². The van der Waals surface area contributed by atoms with Crippen LogP contribution in [0.5, 0.6) is 0 Å². The molecule has 0 aliphatic rings. The molecule has 2 aromatic carbocycles. The fourth-order valence-electron chi connectivity index (χ4n) is 1.78. The van der Waals surface area contributed by atoms with Gasteiger partial charge in [0.25, 0.3) is 0 Å². The molecule has 0 saturated carbocycles. The average molecular weight is 367 g/mol. The minimum absolute atomic E-state index is 0.0213. The molecular formula is C13H10BrN3Se. The summed E-state index contributed by atoms with van der Waals surface area (Å²) >= 11 is 3.57. The normalized spacial score (nSPS) is 10.7. The maximum absolute atomic E-state index is 4.46. The Morgan fingerprint density at radius 1 is 1.06 bits per heavy atom. The predicted octanol–water partition coefficient (Wildman–Crippen LogP) is 3.06. The van der Waals surface area contributed by atoms with Gasteiger partial charge in [-0.15, -0.1) is 0 Å². The Morgan fingerprint density at radius 3 is 2.83 bits per heavy atom. The Morgan fingerprint density at radius 2 is 1.94 bits per heavy atom. The molecule has 0 amide bonds. The number of hydrogen-bond acceptors (Lipinski definition) is 3. The van der Waals surface area contributed by atoms with Crippen molar-refractivity contribution in [2.24, 2.45) is 0 Å². The molecule has 0 aliphatic carbocycles. The quantitative estimate of drug-likeness (QED) is 0.724. The van der Waals surface area contributed by atoms with Crippen LogP contribution >= 0.6 is 15.9 Å². The van der Waals surface area contributed by atoms with Gasteiger partial charge < -0.3 is 0 Å². The van der Waals surface area contributed by atoms with Crippen LogP contribution in [-0.4, -0.2) is 22.9 Å². The van der Waals surface area contributed by atoms with Crippen molar-refractivity contribution < 1.29 is 0 Å². The molecular weight excluding hydrogens is 357 g/mol. The Bertz CT molecular complexity index is 681. The van der Waals surface area contributed by atoms with Crippen molar-refractivity contribution in [2.45, 2.75) is 6.54 Å². The van der Waals surface area contributed by atoms with E-state index in [1.807, 2.05) is 24.3 Å². The number of anilines is 1. The number of benzene rings is 2. The van der Waals surface area contributed by atoms with Crippen molar-refractivity contribution in [1.29, 1.82) is 0 Å². The Balaban J connectivity index is 1.85. The third-order valence-corrected chi connectivity index (χ3v) is 4.63. The van der Waals surface area contributed by atoms with Crippen molar-refractivity contribution in [2.75, 3.05) is 5.32 Å². The van der Waals surface area contributed by atoms with Crippen LogP contribution < -0.4 is 5.32 Å². The molecule has 0 bridgehead atoms. The number of aromatic nitrogens is 2. The minimum atomic E-state index is 0.0213. The molecule has 0 aliphatic heterocycles. The second-order valence-electron chi connectivity index (χ2n) is 3.88. The van der Waals surface area contributed by atoms with Gasteiger partial charge in [-0.25, -0.2) is 0 Å². The monoisotopic (exact) mass is 367 g/mol. The molecule has 18 heavy (non-hydrogen) atoms. The van der Waals surface area contributed by atoms with Gasteiger partial charge in [-0.3, -0.25) is 0 Å². The number of nitrogens with one attached hydrogen (secondary N) is 1. The summed E-state index contributed by atoms with van der Waals surface area (Å²) in [6, 6.07) is 14.3. The standard InChI is InChI=1S/C13H10BrN3Se/c14-10-5-2-1-4-9(10)8-15-11-6-3-7-12-13(11)17-18-16-12/h1-7,15H,8H2. The molecule has 5 heteroatoms. The van der Waals surface area contributed by atoms with Gasteiger partial charge in [0.05, 0.1) is 0 Å². The van der Waals surface area contributed by atoms with E-state index in [4.69, 9.17) is 0 Å². The van der Waals surface area contributed by atoms with Gasteiger partial charge in [0.15, 0.2) is 0 Å². The molecule has 1 N–H and O–H groups in total. The summed E-state index contributed by atoms with van der Waals surface area (Å²) < 4.78 is 9.96. The molecule has 1 aromatic heterocycles. The summed E-state index contributed by atoms with van der Waals surface area (Å²) in [5.74, 6) is 0. The summed E-state index contributed by atoms with van der Waals surface area (Å²) in [5.41, 5.74) is 4.30. The van der Waals surface area contributed by atoms with E-state index in [0.717, 1.165) is 27.7 Å². The van der Waals surface area contributed by atoms with E-state index in [-0.39, 0.29) is 15.0 Å². The second kappa shape index (κ2) is 5.22. The second-order valence-corrected chi connectivity index (χ2v) is 5.85. The van der Waals surface area contributed by atoms with Gasteiger partial charge >= 0.3 is 120 Å². The molecule has 3 aromatic rings. The molecule has 3 rings (SSSR count). The van der Waals surface area contributed by atoms with Crippen LogP contribution in [0, 0.1) is 0 Å².